The molecule has 2 fully saturated rings. The van der Waals surface area contributed by atoms with Crippen LogP contribution in [-0.4, -0.2) is 40.3 Å². The van der Waals surface area contributed by atoms with Crippen molar-refractivity contribution in [1.29, 1.82) is 0 Å². The van der Waals surface area contributed by atoms with Gasteiger partial charge in [0.1, 0.15) is 17.2 Å². The topological polar surface area (TPSA) is 101 Å². The first kappa shape index (κ1) is 19.6. The quantitative estimate of drug-likeness (QED) is 0.658. The minimum Gasteiger partial charge on any atom is -0.477 e. The molecule has 1 aromatic carbocycles. The molecule has 2 atom stereocenters. The van der Waals surface area contributed by atoms with Gasteiger partial charge in [-0.3, -0.25) is 9.36 Å². The van der Waals surface area contributed by atoms with E-state index in [1.807, 2.05) is 0 Å². The number of piperidine rings is 1. The number of aromatic nitrogens is 2. The molecule has 3 N–H and O–H groups in total. The molecule has 31 heavy (non-hydrogen) atoms. The van der Waals surface area contributed by atoms with Crippen molar-refractivity contribution in [3.8, 4) is 5.69 Å². The number of rotatable bonds is 4. The van der Waals surface area contributed by atoms with E-state index in [9.17, 15) is 27.9 Å². The summed E-state index contributed by atoms with van der Waals surface area (Å²) in [5, 5.41) is 9.08. The summed E-state index contributed by atoms with van der Waals surface area (Å²) in [5.74, 6) is -3.03. The number of aromatic carboxylic acids is 1. The number of nitrogens with zero attached hydrogens (tertiary/aromatic N) is 3. The Balaban J connectivity index is 1.72. The number of carbonyl (C=O) groups is 1. The number of carboxylic acids is 1. The van der Waals surface area contributed by atoms with Gasteiger partial charge in [-0.25, -0.2) is 22.9 Å². The molecule has 0 amide bonds. The van der Waals surface area contributed by atoms with Crippen molar-refractivity contribution in [2.75, 3.05) is 24.5 Å². The molecule has 1 aliphatic carbocycles. The molecule has 1 saturated heterocycles. The van der Waals surface area contributed by atoms with Crippen LogP contribution in [0.15, 0.2) is 35.3 Å². The summed E-state index contributed by atoms with van der Waals surface area (Å²) in [6, 6.07) is 3.65. The van der Waals surface area contributed by atoms with Crippen LogP contribution in [0.1, 0.15) is 10.4 Å². The summed E-state index contributed by atoms with van der Waals surface area (Å²) in [5.41, 5.74) is 3.77. The monoisotopic (exact) mass is 430 g/mol. The first-order valence-corrected chi connectivity index (χ1v) is 9.69. The SMILES string of the molecule is NCC1C2CN(c3nc4c(cc3F)c(=O)c(C(=O)O)cn4-c3ccc(F)cc3F)CC12. The highest BCUT2D eigenvalue weighted by Gasteiger charge is 2.55. The van der Waals surface area contributed by atoms with E-state index in [-0.39, 0.29) is 22.5 Å². The highest BCUT2D eigenvalue weighted by molar-refractivity contribution is 5.92. The molecule has 160 valence electrons. The lowest BCUT2D eigenvalue weighted by molar-refractivity contribution is 0.0695. The molecule has 1 saturated carbocycles. The third-order valence-electron chi connectivity index (χ3n) is 6.26. The molecule has 5 rings (SSSR count). The molecule has 10 heteroatoms. The van der Waals surface area contributed by atoms with Crippen molar-refractivity contribution >= 4 is 22.8 Å². The van der Waals surface area contributed by atoms with E-state index in [1.54, 1.807) is 4.90 Å². The first-order valence-electron chi connectivity index (χ1n) is 9.69. The number of nitrogens with two attached hydrogens (primary N) is 1. The Labute approximate surface area is 173 Å². The van der Waals surface area contributed by atoms with Gasteiger partial charge in [0.05, 0.1) is 11.1 Å². The minimum atomic E-state index is -1.56. The predicted octanol–water partition coefficient (Wildman–Crippen LogP) is 2.14. The fraction of sp³-hybridized carbons (Fsp3) is 0.286. The normalized spacial score (nSPS) is 22.1. The summed E-state index contributed by atoms with van der Waals surface area (Å²) in [6.07, 6.45) is 0.921. The summed E-state index contributed by atoms with van der Waals surface area (Å²) in [4.78, 5) is 30.2. The zero-order valence-electron chi connectivity index (χ0n) is 16.1. The highest BCUT2D eigenvalue weighted by atomic mass is 19.1. The van der Waals surface area contributed by atoms with Crippen LogP contribution in [0.2, 0.25) is 0 Å². The van der Waals surface area contributed by atoms with Crippen molar-refractivity contribution in [2.24, 2.45) is 23.5 Å². The maximum absolute atomic E-state index is 14.9. The van der Waals surface area contributed by atoms with Crippen LogP contribution in [0.25, 0.3) is 16.7 Å². The standard InChI is InChI=1S/C21H17F3N4O3/c22-9-1-2-17(15(23)3-9)28-8-14(21(30)31)18(29)10-4-16(24)20(26-19(10)28)27-6-12-11(5-25)13(12)7-27/h1-4,8,11-13H,5-7,25H2,(H,30,31). The number of hydrogen-bond donors (Lipinski definition) is 2. The maximum Gasteiger partial charge on any atom is 0.341 e. The third-order valence-corrected chi connectivity index (χ3v) is 6.26. The number of benzene rings is 1. The molecule has 0 spiro atoms. The lowest BCUT2D eigenvalue weighted by Gasteiger charge is -2.22. The van der Waals surface area contributed by atoms with Crippen LogP contribution in [0.3, 0.4) is 0 Å². The van der Waals surface area contributed by atoms with Crippen LogP contribution in [0.5, 0.6) is 0 Å². The Morgan fingerprint density at radius 2 is 1.87 bits per heavy atom. The van der Waals surface area contributed by atoms with E-state index >= 15 is 0 Å². The lowest BCUT2D eigenvalue weighted by Crippen LogP contribution is -2.28. The molecule has 2 aromatic heterocycles. The third kappa shape index (κ3) is 2.97. The number of carboxylic acid groups (broad SMARTS) is 1. The van der Waals surface area contributed by atoms with Gasteiger partial charge in [-0.15, -0.1) is 0 Å². The van der Waals surface area contributed by atoms with Gasteiger partial charge >= 0.3 is 5.97 Å². The Bertz CT molecular complexity index is 1300. The van der Waals surface area contributed by atoms with E-state index in [2.05, 4.69) is 4.98 Å². The summed E-state index contributed by atoms with van der Waals surface area (Å²) in [7, 11) is 0. The molecule has 0 radical (unpaired) electrons. The van der Waals surface area contributed by atoms with Crippen molar-refractivity contribution in [3.05, 3.63) is 63.7 Å². The van der Waals surface area contributed by atoms with Gasteiger partial charge in [0.25, 0.3) is 0 Å². The van der Waals surface area contributed by atoms with Gasteiger partial charge in [-0.1, -0.05) is 0 Å². The van der Waals surface area contributed by atoms with Crippen LogP contribution >= 0.6 is 0 Å². The molecular formula is C21H17F3N4O3. The van der Waals surface area contributed by atoms with Crippen molar-refractivity contribution in [3.63, 3.8) is 0 Å². The zero-order chi connectivity index (χ0) is 22.0. The summed E-state index contributed by atoms with van der Waals surface area (Å²) < 4.78 is 43.9. The van der Waals surface area contributed by atoms with Gasteiger partial charge in [-0.05, 0) is 42.5 Å². The fourth-order valence-electron chi connectivity index (χ4n) is 4.62. The van der Waals surface area contributed by atoms with E-state index in [1.165, 1.54) is 0 Å². The van der Waals surface area contributed by atoms with Gasteiger partial charge < -0.3 is 15.7 Å². The van der Waals surface area contributed by atoms with Gasteiger partial charge in [0.15, 0.2) is 17.3 Å². The second kappa shape index (κ2) is 6.81. The zero-order valence-corrected chi connectivity index (χ0v) is 16.1. The Morgan fingerprint density at radius 3 is 2.48 bits per heavy atom. The summed E-state index contributed by atoms with van der Waals surface area (Å²) in [6.45, 7) is 1.69. The minimum absolute atomic E-state index is 0.00536. The second-order valence-electron chi connectivity index (χ2n) is 7.94. The molecule has 3 heterocycles. The van der Waals surface area contributed by atoms with E-state index in [4.69, 9.17) is 5.73 Å². The average Bonchev–Trinajstić information content (AvgIpc) is 3.19. The molecule has 2 aliphatic rings. The van der Waals surface area contributed by atoms with Gasteiger partial charge in [-0.2, -0.15) is 0 Å². The van der Waals surface area contributed by atoms with E-state index < -0.39 is 34.4 Å². The van der Waals surface area contributed by atoms with Gasteiger partial charge in [0.2, 0.25) is 5.43 Å². The maximum atomic E-state index is 14.9. The Morgan fingerprint density at radius 1 is 1.16 bits per heavy atom. The predicted molar refractivity (Wildman–Crippen MR) is 106 cm³/mol. The smallest absolute Gasteiger partial charge is 0.341 e. The molecule has 1 aliphatic heterocycles. The summed E-state index contributed by atoms with van der Waals surface area (Å²) >= 11 is 0. The van der Waals surface area contributed by atoms with Crippen molar-refractivity contribution in [2.45, 2.75) is 0 Å². The molecule has 7 nitrogen and oxygen atoms in total. The molecular weight excluding hydrogens is 413 g/mol. The average molecular weight is 430 g/mol. The molecule has 0 bridgehead atoms. The van der Waals surface area contributed by atoms with E-state index in [0.717, 1.165) is 29.0 Å². The van der Waals surface area contributed by atoms with Crippen molar-refractivity contribution < 1.29 is 23.1 Å². The molecule has 3 aromatic rings. The number of anilines is 1. The lowest BCUT2D eigenvalue weighted by atomic mass is 10.1. The van der Waals surface area contributed by atoms with Crippen LogP contribution < -0.4 is 16.1 Å². The van der Waals surface area contributed by atoms with Crippen LogP contribution in [-0.2, 0) is 0 Å². The Kier molecular flexibility index (Phi) is 4.30. The number of pyridine rings is 2. The first-order chi connectivity index (χ1) is 14.8. The van der Waals surface area contributed by atoms with Gasteiger partial charge in [0, 0.05) is 25.4 Å². The number of hydrogen-bond acceptors (Lipinski definition) is 5. The second-order valence-corrected chi connectivity index (χ2v) is 7.94. The Hall–Kier alpha value is -3.40. The van der Waals surface area contributed by atoms with Crippen molar-refractivity contribution in [1.82, 2.24) is 9.55 Å². The van der Waals surface area contributed by atoms with E-state index in [0.29, 0.717) is 43.5 Å². The highest BCUT2D eigenvalue weighted by Crippen LogP contribution is 2.51. The van der Waals surface area contributed by atoms with Crippen LogP contribution in [0.4, 0.5) is 19.0 Å². The number of fused-ring (bicyclic) bond motifs is 2. The number of halogens is 3. The fourth-order valence-corrected chi connectivity index (χ4v) is 4.62. The molecule has 2 unspecified atom stereocenters. The van der Waals surface area contributed by atoms with Crippen LogP contribution in [0, 0.1) is 35.2 Å². The largest absolute Gasteiger partial charge is 0.477 e.